The van der Waals surface area contributed by atoms with Crippen molar-refractivity contribution >= 4 is 34.1 Å². The molecule has 2 heterocycles. The average Bonchev–Trinajstić information content (AvgIpc) is 3.18. The molecule has 0 saturated carbocycles. The Morgan fingerprint density at radius 1 is 1.22 bits per heavy atom. The molecule has 0 bridgehead atoms. The van der Waals surface area contributed by atoms with Crippen molar-refractivity contribution in [3.63, 3.8) is 0 Å². The second-order valence-corrected chi connectivity index (χ2v) is 7.94. The summed E-state index contributed by atoms with van der Waals surface area (Å²) in [5.74, 6) is 1.40. The number of hydrogen-bond donors (Lipinski definition) is 1. The highest BCUT2D eigenvalue weighted by molar-refractivity contribution is 7.83. The van der Waals surface area contributed by atoms with E-state index in [1.54, 1.807) is 41.1 Å². The van der Waals surface area contributed by atoms with Gasteiger partial charge in [0.15, 0.2) is 0 Å². The average molecular weight is 402 g/mol. The number of halogens is 1. The maximum atomic E-state index is 12.9. The van der Waals surface area contributed by atoms with Crippen LogP contribution in [0, 0.1) is 0 Å². The first-order valence-electron chi connectivity index (χ1n) is 8.23. The predicted octanol–water partition coefficient (Wildman–Crippen LogP) is 3.55. The predicted molar refractivity (Wildman–Crippen MR) is 105 cm³/mol. The second-order valence-electron chi connectivity index (χ2n) is 6.05. The number of carbonyl (C=O) groups is 1. The summed E-state index contributed by atoms with van der Waals surface area (Å²) in [6, 6.07) is 14.2. The van der Waals surface area contributed by atoms with Gasteiger partial charge in [0, 0.05) is 21.4 Å². The molecule has 27 heavy (non-hydrogen) atoms. The zero-order valence-electron chi connectivity index (χ0n) is 14.4. The minimum atomic E-state index is -1.01. The molecule has 0 fully saturated rings. The Balaban J connectivity index is 1.77. The van der Waals surface area contributed by atoms with Crippen LogP contribution in [0.4, 0.5) is 5.82 Å². The molecule has 1 N–H and O–H groups in total. The summed E-state index contributed by atoms with van der Waals surface area (Å²) in [7, 11) is 0.506. The summed E-state index contributed by atoms with van der Waals surface area (Å²) in [6.07, 6.45) is 0. The van der Waals surface area contributed by atoms with Gasteiger partial charge in [0.1, 0.15) is 11.6 Å². The number of methoxy groups -OCH3 is 1. The number of nitrogens with zero attached hydrogens (tertiary/aromatic N) is 2. The van der Waals surface area contributed by atoms with Crippen molar-refractivity contribution in [1.82, 2.24) is 9.78 Å². The Kier molecular flexibility index (Phi) is 4.72. The summed E-state index contributed by atoms with van der Waals surface area (Å²) in [4.78, 5) is 12.9. The van der Waals surface area contributed by atoms with E-state index in [-0.39, 0.29) is 5.91 Å². The van der Waals surface area contributed by atoms with Crippen LogP contribution in [-0.2, 0) is 22.3 Å². The number of para-hydroxylation sites is 1. The molecule has 1 aliphatic rings. The van der Waals surface area contributed by atoms with E-state index >= 15 is 0 Å². The lowest BCUT2D eigenvalue weighted by Gasteiger charge is -2.13. The van der Waals surface area contributed by atoms with Gasteiger partial charge in [0.25, 0.3) is 5.91 Å². The SMILES string of the molecule is COc1ccccc1C(=O)Nc1c2c(nn1-c1cccc(Cl)c1)CS(=O)C2. The highest BCUT2D eigenvalue weighted by Crippen LogP contribution is 2.32. The molecule has 1 atom stereocenters. The van der Waals surface area contributed by atoms with Gasteiger partial charge in [-0.2, -0.15) is 5.10 Å². The first kappa shape index (κ1) is 17.8. The molecular weight excluding hydrogens is 386 g/mol. The van der Waals surface area contributed by atoms with Crippen molar-refractivity contribution in [2.45, 2.75) is 11.5 Å². The quantitative estimate of drug-likeness (QED) is 0.725. The molecule has 1 amide bonds. The van der Waals surface area contributed by atoms with Crippen LogP contribution in [0.2, 0.25) is 5.02 Å². The van der Waals surface area contributed by atoms with Crippen LogP contribution in [0.1, 0.15) is 21.6 Å². The zero-order chi connectivity index (χ0) is 19.0. The third kappa shape index (κ3) is 3.36. The number of anilines is 1. The van der Waals surface area contributed by atoms with Crippen molar-refractivity contribution in [3.8, 4) is 11.4 Å². The molecule has 0 saturated heterocycles. The highest BCUT2D eigenvalue weighted by Gasteiger charge is 2.29. The minimum absolute atomic E-state index is 0.323. The normalized spacial score (nSPS) is 15.4. The van der Waals surface area contributed by atoms with Crippen molar-refractivity contribution in [2.75, 3.05) is 12.4 Å². The van der Waals surface area contributed by atoms with Gasteiger partial charge >= 0.3 is 0 Å². The minimum Gasteiger partial charge on any atom is -0.496 e. The second kappa shape index (κ2) is 7.17. The van der Waals surface area contributed by atoms with Gasteiger partial charge in [0.05, 0.1) is 35.6 Å². The standard InChI is InChI=1S/C19H16ClN3O3S/c1-26-17-8-3-2-7-14(17)19(24)21-18-15-10-27(25)11-16(15)22-23(18)13-6-4-5-12(20)9-13/h2-9H,10-11H2,1H3,(H,21,24). The highest BCUT2D eigenvalue weighted by atomic mass is 35.5. The lowest BCUT2D eigenvalue weighted by Crippen LogP contribution is -2.17. The van der Waals surface area contributed by atoms with E-state index in [0.717, 1.165) is 16.9 Å². The Bertz CT molecular complexity index is 1060. The van der Waals surface area contributed by atoms with Crippen LogP contribution >= 0.6 is 11.6 Å². The van der Waals surface area contributed by atoms with E-state index < -0.39 is 10.8 Å². The van der Waals surface area contributed by atoms with E-state index in [1.807, 2.05) is 12.1 Å². The van der Waals surface area contributed by atoms with Crippen LogP contribution in [0.25, 0.3) is 5.69 Å². The largest absolute Gasteiger partial charge is 0.496 e. The molecule has 138 valence electrons. The maximum Gasteiger partial charge on any atom is 0.260 e. The van der Waals surface area contributed by atoms with Crippen LogP contribution in [0.5, 0.6) is 5.75 Å². The van der Waals surface area contributed by atoms with Gasteiger partial charge in [-0.3, -0.25) is 9.00 Å². The molecule has 0 spiro atoms. The monoisotopic (exact) mass is 401 g/mol. The van der Waals surface area contributed by atoms with E-state index in [9.17, 15) is 9.00 Å². The topological polar surface area (TPSA) is 73.2 Å². The molecule has 1 aliphatic heterocycles. The van der Waals surface area contributed by atoms with Crippen LogP contribution < -0.4 is 10.1 Å². The van der Waals surface area contributed by atoms with Gasteiger partial charge < -0.3 is 10.1 Å². The molecule has 8 heteroatoms. The lowest BCUT2D eigenvalue weighted by atomic mass is 10.2. The fourth-order valence-electron chi connectivity index (χ4n) is 3.06. The Hall–Kier alpha value is -2.64. The molecule has 2 aromatic carbocycles. The third-order valence-corrected chi connectivity index (χ3v) is 5.75. The summed E-state index contributed by atoms with van der Waals surface area (Å²) in [5.41, 5.74) is 2.64. The number of nitrogens with one attached hydrogen (secondary N) is 1. The van der Waals surface area contributed by atoms with Crippen molar-refractivity contribution < 1.29 is 13.7 Å². The molecule has 1 aromatic heterocycles. The Morgan fingerprint density at radius 3 is 2.81 bits per heavy atom. The number of ether oxygens (including phenoxy) is 1. The van der Waals surface area contributed by atoms with E-state index in [2.05, 4.69) is 10.4 Å². The van der Waals surface area contributed by atoms with Gasteiger partial charge in [-0.1, -0.05) is 29.8 Å². The van der Waals surface area contributed by atoms with Gasteiger partial charge in [-0.25, -0.2) is 4.68 Å². The van der Waals surface area contributed by atoms with Crippen molar-refractivity contribution in [1.29, 1.82) is 0 Å². The van der Waals surface area contributed by atoms with E-state index in [0.29, 0.717) is 33.7 Å². The maximum absolute atomic E-state index is 12.9. The zero-order valence-corrected chi connectivity index (χ0v) is 16.0. The van der Waals surface area contributed by atoms with Crippen LogP contribution in [0.3, 0.4) is 0 Å². The molecule has 0 aliphatic carbocycles. The van der Waals surface area contributed by atoms with Crippen LogP contribution in [-0.4, -0.2) is 27.0 Å². The molecule has 4 rings (SSSR count). The third-order valence-electron chi connectivity index (χ3n) is 4.31. The first-order chi connectivity index (χ1) is 13.1. The summed E-state index contributed by atoms with van der Waals surface area (Å²) >= 11 is 6.11. The number of amides is 1. The fraction of sp³-hybridized carbons (Fsp3) is 0.158. The van der Waals surface area contributed by atoms with E-state index in [4.69, 9.17) is 16.3 Å². The number of carbonyl (C=O) groups excluding carboxylic acids is 1. The molecule has 3 aromatic rings. The lowest BCUT2D eigenvalue weighted by molar-refractivity contribution is 0.102. The van der Waals surface area contributed by atoms with Crippen LogP contribution in [0.15, 0.2) is 48.5 Å². The molecule has 6 nitrogen and oxygen atoms in total. The fourth-order valence-corrected chi connectivity index (χ4v) is 4.51. The van der Waals surface area contributed by atoms with Gasteiger partial charge in [-0.15, -0.1) is 0 Å². The summed E-state index contributed by atoms with van der Waals surface area (Å²) in [5, 5.41) is 8.05. The number of hydrogen-bond acceptors (Lipinski definition) is 4. The van der Waals surface area contributed by atoms with Gasteiger partial charge in [0.2, 0.25) is 0 Å². The van der Waals surface area contributed by atoms with Crippen molar-refractivity contribution in [2.24, 2.45) is 0 Å². The Labute approximate surface area is 163 Å². The summed E-state index contributed by atoms with van der Waals surface area (Å²) in [6.45, 7) is 0. The smallest absolute Gasteiger partial charge is 0.260 e. The van der Waals surface area contributed by atoms with Gasteiger partial charge in [-0.05, 0) is 30.3 Å². The molecule has 1 unspecified atom stereocenters. The summed E-state index contributed by atoms with van der Waals surface area (Å²) < 4.78 is 18.9. The van der Waals surface area contributed by atoms with E-state index in [1.165, 1.54) is 7.11 Å². The number of fused-ring (bicyclic) bond motifs is 1. The Morgan fingerprint density at radius 2 is 2.04 bits per heavy atom. The molecular formula is C19H16ClN3O3S. The molecule has 0 radical (unpaired) electrons. The number of rotatable bonds is 4. The number of aromatic nitrogens is 2. The number of benzene rings is 2. The first-order valence-corrected chi connectivity index (χ1v) is 10.1. The van der Waals surface area contributed by atoms with Crippen molar-refractivity contribution in [3.05, 3.63) is 70.4 Å².